The lowest BCUT2D eigenvalue weighted by atomic mass is 10.1. The Morgan fingerprint density at radius 3 is 2.53 bits per heavy atom. The average molecular weight is 410 g/mol. The van der Waals surface area contributed by atoms with Gasteiger partial charge in [-0.3, -0.25) is 19.5 Å². The molecule has 0 unspecified atom stereocenters. The molecular formula is C23H31N5O2. The number of unbranched alkanes of at least 4 members (excludes halogenated alkanes) is 1. The molecule has 1 heterocycles. The fourth-order valence-electron chi connectivity index (χ4n) is 3.20. The number of aromatic nitrogens is 1. The van der Waals surface area contributed by atoms with E-state index in [0.717, 1.165) is 31.5 Å². The third kappa shape index (κ3) is 7.75. The Bertz CT molecular complexity index is 792. The lowest BCUT2D eigenvalue weighted by Crippen LogP contribution is -2.45. The van der Waals surface area contributed by atoms with E-state index in [-0.39, 0.29) is 17.9 Å². The van der Waals surface area contributed by atoms with E-state index in [2.05, 4.69) is 25.7 Å². The Labute approximate surface area is 178 Å². The van der Waals surface area contributed by atoms with Gasteiger partial charge < -0.3 is 5.32 Å². The third-order valence-electron chi connectivity index (χ3n) is 4.85. The first-order valence-electron chi connectivity index (χ1n) is 10.5. The summed E-state index contributed by atoms with van der Waals surface area (Å²) in [4.78, 5) is 30.9. The molecule has 7 nitrogen and oxygen atoms in total. The smallest absolute Gasteiger partial charge is 0.257 e. The quantitative estimate of drug-likeness (QED) is 0.321. The molecule has 1 atom stereocenters. The number of likely N-dealkylation sites (N-methyl/N-ethyl adjacent to an activating group) is 1. The second-order valence-electron chi connectivity index (χ2n) is 6.88. The number of carbonyl (C=O) groups excluding carboxylic acids is 2. The fraction of sp³-hybridized carbons (Fsp3) is 0.391. The van der Waals surface area contributed by atoms with E-state index >= 15 is 0 Å². The van der Waals surface area contributed by atoms with E-state index in [1.54, 1.807) is 30.7 Å². The summed E-state index contributed by atoms with van der Waals surface area (Å²) < 4.78 is 0. The van der Waals surface area contributed by atoms with Crippen molar-refractivity contribution in [3.05, 3.63) is 66.0 Å². The van der Waals surface area contributed by atoms with Gasteiger partial charge >= 0.3 is 0 Å². The second-order valence-corrected chi connectivity index (χ2v) is 6.88. The van der Waals surface area contributed by atoms with E-state index in [1.807, 2.05) is 44.2 Å². The first-order chi connectivity index (χ1) is 14.7. The number of nitrogens with one attached hydrogen (secondary N) is 2. The van der Waals surface area contributed by atoms with Crippen molar-refractivity contribution in [1.82, 2.24) is 20.6 Å². The van der Waals surface area contributed by atoms with Crippen LogP contribution in [0, 0.1) is 0 Å². The molecule has 2 rings (SSSR count). The minimum atomic E-state index is -0.254. The minimum Gasteiger partial charge on any atom is -0.352 e. The van der Waals surface area contributed by atoms with Crippen molar-refractivity contribution in [1.29, 1.82) is 0 Å². The summed E-state index contributed by atoms with van der Waals surface area (Å²) in [5.41, 5.74) is 4.13. The first kappa shape index (κ1) is 23.2. The van der Waals surface area contributed by atoms with Crippen molar-refractivity contribution < 1.29 is 9.59 Å². The van der Waals surface area contributed by atoms with E-state index in [9.17, 15) is 9.59 Å². The number of carbonyl (C=O) groups is 2. The summed E-state index contributed by atoms with van der Waals surface area (Å²) >= 11 is 0. The summed E-state index contributed by atoms with van der Waals surface area (Å²) in [6.45, 7) is 6.24. The number of amides is 2. The van der Waals surface area contributed by atoms with Gasteiger partial charge in [-0.1, -0.05) is 38.1 Å². The molecule has 0 saturated carbocycles. The molecule has 0 fully saturated rings. The zero-order valence-corrected chi connectivity index (χ0v) is 17.8. The van der Waals surface area contributed by atoms with E-state index in [0.29, 0.717) is 18.5 Å². The molecule has 1 aromatic heterocycles. The Hall–Kier alpha value is -3.06. The molecule has 0 spiro atoms. The summed E-state index contributed by atoms with van der Waals surface area (Å²) in [6, 6.07) is 12.6. The molecule has 7 heteroatoms. The number of nitrogens with zero attached hydrogens (tertiary/aromatic N) is 3. The molecular weight excluding hydrogens is 378 g/mol. The predicted molar refractivity (Wildman–Crippen MR) is 119 cm³/mol. The Morgan fingerprint density at radius 2 is 1.87 bits per heavy atom. The maximum absolute atomic E-state index is 12.7. The standard InChI is InChI=1S/C23H31N5O2/c1-3-28(4-2)21(23(30)27-26-18-19-11-10-15-24-17-19)14-8-9-16-25-22(29)20-12-6-5-7-13-20/h5-7,10-13,15,17-18,21H,3-4,8-9,14,16H2,1-2H3,(H,25,29)(H,27,30)/b26-18+/t21-/m0/s1. The van der Waals surface area contributed by atoms with Crippen LogP contribution < -0.4 is 10.7 Å². The first-order valence-corrected chi connectivity index (χ1v) is 10.5. The highest BCUT2D eigenvalue weighted by Crippen LogP contribution is 2.09. The van der Waals surface area contributed by atoms with Gasteiger partial charge in [0, 0.05) is 30.1 Å². The van der Waals surface area contributed by atoms with Gasteiger partial charge in [-0.15, -0.1) is 0 Å². The molecule has 0 bridgehead atoms. The van der Waals surface area contributed by atoms with Crippen LogP contribution in [0.3, 0.4) is 0 Å². The zero-order chi connectivity index (χ0) is 21.6. The minimum absolute atomic E-state index is 0.0709. The van der Waals surface area contributed by atoms with Gasteiger partial charge in [0.2, 0.25) is 0 Å². The van der Waals surface area contributed by atoms with Crippen molar-refractivity contribution in [3.63, 3.8) is 0 Å². The van der Waals surface area contributed by atoms with Gasteiger partial charge in [0.05, 0.1) is 12.3 Å². The molecule has 1 aromatic carbocycles. The lowest BCUT2D eigenvalue weighted by molar-refractivity contribution is -0.126. The van der Waals surface area contributed by atoms with Crippen LogP contribution in [-0.4, -0.2) is 53.6 Å². The van der Waals surface area contributed by atoms with Gasteiger partial charge in [-0.2, -0.15) is 5.10 Å². The topological polar surface area (TPSA) is 86.7 Å². The Balaban J connectivity index is 1.80. The van der Waals surface area contributed by atoms with Crippen LogP contribution in [0.4, 0.5) is 0 Å². The van der Waals surface area contributed by atoms with Crippen LogP contribution >= 0.6 is 0 Å². The van der Waals surface area contributed by atoms with E-state index in [1.165, 1.54) is 0 Å². The molecule has 2 amide bonds. The summed E-state index contributed by atoms with van der Waals surface area (Å²) in [7, 11) is 0. The molecule has 2 N–H and O–H groups in total. The van der Waals surface area contributed by atoms with Gasteiger partial charge in [0.15, 0.2) is 0 Å². The van der Waals surface area contributed by atoms with Crippen LogP contribution in [0.1, 0.15) is 49.0 Å². The van der Waals surface area contributed by atoms with Crippen LogP contribution in [0.5, 0.6) is 0 Å². The normalized spacial score (nSPS) is 12.1. The summed E-state index contributed by atoms with van der Waals surface area (Å²) in [6.07, 6.45) is 7.30. The van der Waals surface area contributed by atoms with E-state index in [4.69, 9.17) is 0 Å². The zero-order valence-electron chi connectivity index (χ0n) is 17.8. The molecule has 30 heavy (non-hydrogen) atoms. The van der Waals surface area contributed by atoms with Gasteiger partial charge in [-0.05, 0) is 50.6 Å². The number of benzene rings is 1. The Morgan fingerprint density at radius 1 is 1.10 bits per heavy atom. The van der Waals surface area contributed by atoms with Crippen molar-refractivity contribution in [3.8, 4) is 0 Å². The number of hydrogen-bond acceptors (Lipinski definition) is 5. The number of hydrogen-bond donors (Lipinski definition) is 2. The van der Waals surface area contributed by atoms with Crippen LogP contribution in [0.25, 0.3) is 0 Å². The highest BCUT2D eigenvalue weighted by Gasteiger charge is 2.23. The van der Waals surface area contributed by atoms with E-state index < -0.39 is 0 Å². The molecule has 0 aliphatic carbocycles. The third-order valence-corrected chi connectivity index (χ3v) is 4.85. The van der Waals surface area contributed by atoms with Crippen LogP contribution in [0.2, 0.25) is 0 Å². The van der Waals surface area contributed by atoms with Crippen molar-refractivity contribution in [2.45, 2.75) is 39.2 Å². The highest BCUT2D eigenvalue weighted by atomic mass is 16.2. The van der Waals surface area contributed by atoms with Gasteiger partial charge in [0.25, 0.3) is 11.8 Å². The van der Waals surface area contributed by atoms with Gasteiger partial charge in [-0.25, -0.2) is 5.43 Å². The average Bonchev–Trinajstić information content (AvgIpc) is 2.79. The second kappa shape index (κ2) is 13.2. The highest BCUT2D eigenvalue weighted by molar-refractivity contribution is 5.94. The van der Waals surface area contributed by atoms with Gasteiger partial charge in [0.1, 0.15) is 0 Å². The largest absolute Gasteiger partial charge is 0.352 e. The van der Waals surface area contributed by atoms with Crippen molar-refractivity contribution in [2.24, 2.45) is 5.10 Å². The fourth-order valence-corrected chi connectivity index (χ4v) is 3.20. The van der Waals surface area contributed by atoms with Crippen molar-refractivity contribution >= 4 is 18.0 Å². The number of rotatable bonds is 12. The van der Waals surface area contributed by atoms with Crippen molar-refractivity contribution in [2.75, 3.05) is 19.6 Å². The maximum Gasteiger partial charge on any atom is 0.257 e. The number of hydrazone groups is 1. The number of pyridine rings is 1. The lowest BCUT2D eigenvalue weighted by Gasteiger charge is -2.28. The molecule has 0 radical (unpaired) electrons. The SMILES string of the molecule is CCN(CC)[C@@H](CCCCNC(=O)c1ccccc1)C(=O)N/N=C/c1cccnc1. The predicted octanol–water partition coefficient (Wildman–Crippen LogP) is 2.84. The Kier molecular flexibility index (Phi) is 10.2. The van der Waals surface area contributed by atoms with Crippen LogP contribution in [-0.2, 0) is 4.79 Å². The summed E-state index contributed by atoms with van der Waals surface area (Å²) in [5, 5.41) is 7.00. The monoisotopic (exact) mass is 409 g/mol. The molecule has 0 aliphatic rings. The molecule has 0 saturated heterocycles. The maximum atomic E-state index is 12.7. The molecule has 2 aromatic rings. The summed E-state index contributed by atoms with van der Waals surface area (Å²) in [5.74, 6) is -0.189. The molecule has 0 aliphatic heterocycles. The van der Waals surface area contributed by atoms with Crippen LogP contribution in [0.15, 0.2) is 60.0 Å². The molecule has 160 valence electrons.